The SMILES string of the molecule is Cn1ncc(C(F)(F)F)c1CNc1ncccn1. The number of halogens is 3. The van der Waals surface area contributed by atoms with E-state index in [1.807, 2.05) is 0 Å². The van der Waals surface area contributed by atoms with Gasteiger partial charge in [0.05, 0.1) is 24.0 Å². The Kier molecular flexibility index (Phi) is 3.17. The predicted molar refractivity (Wildman–Crippen MR) is 57.6 cm³/mol. The quantitative estimate of drug-likeness (QED) is 0.911. The van der Waals surface area contributed by atoms with E-state index >= 15 is 0 Å². The molecule has 0 amide bonds. The van der Waals surface area contributed by atoms with Crippen molar-refractivity contribution in [3.05, 3.63) is 35.9 Å². The molecule has 2 aromatic rings. The van der Waals surface area contributed by atoms with Gasteiger partial charge < -0.3 is 5.32 Å². The van der Waals surface area contributed by atoms with Crippen molar-refractivity contribution in [2.75, 3.05) is 5.32 Å². The second-order valence-electron chi connectivity index (χ2n) is 3.55. The minimum Gasteiger partial charge on any atom is -0.349 e. The Bertz CT molecular complexity index is 520. The zero-order valence-electron chi connectivity index (χ0n) is 9.44. The minimum absolute atomic E-state index is 0.0370. The number of alkyl halides is 3. The highest BCUT2D eigenvalue weighted by molar-refractivity contribution is 5.28. The minimum atomic E-state index is -4.41. The molecule has 96 valence electrons. The van der Waals surface area contributed by atoms with Crippen LogP contribution in [0.5, 0.6) is 0 Å². The van der Waals surface area contributed by atoms with Gasteiger partial charge in [-0.3, -0.25) is 4.68 Å². The third kappa shape index (κ3) is 2.58. The monoisotopic (exact) mass is 257 g/mol. The Morgan fingerprint density at radius 2 is 1.94 bits per heavy atom. The maximum absolute atomic E-state index is 12.7. The molecule has 0 aliphatic rings. The van der Waals surface area contributed by atoms with E-state index in [0.29, 0.717) is 0 Å². The Labute approximate surface area is 101 Å². The summed E-state index contributed by atoms with van der Waals surface area (Å²) in [5, 5.41) is 6.33. The maximum atomic E-state index is 12.7. The average molecular weight is 257 g/mol. The second-order valence-corrected chi connectivity index (χ2v) is 3.55. The first kappa shape index (κ1) is 12.3. The molecule has 0 bridgehead atoms. The molecule has 0 radical (unpaired) electrons. The van der Waals surface area contributed by atoms with Gasteiger partial charge in [0.15, 0.2) is 0 Å². The van der Waals surface area contributed by atoms with Gasteiger partial charge in [-0.05, 0) is 6.07 Å². The molecule has 0 aliphatic heterocycles. The van der Waals surface area contributed by atoms with E-state index in [4.69, 9.17) is 0 Å². The molecular weight excluding hydrogens is 247 g/mol. The fourth-order valence-electron chi connectivity index (χ4n) is 1.46. The fraction of sp³-hybridized carbons (Fsp3) is 0.300. The van der Waals surface area contributed by atoms with E-state index in [0.717, 1.165) is 6.20 Å². The summed E-state index contributed by atoms with van der Waals surface area (Å²) in [6.45, 7) is -0.0463. The Morgan fingerprint density at radius 1 is 1.28 bits per heavy atom. The van der Waals surface area contributed by atoms with E-state index in [9.17, 15) is 13.2 Å². The topological polar surface area (TPSA) is 55.6 Å². The Balaban J connectivity index is 2.17. The number of nitrogens with one attached hydrogen (secondary N) is 1. The molecule has 8 heteroatoms. The van der Waals surface area contributed by atoms with Gasteiger partial charge in [-0.1, -0.05) is 0 Å². The van der Waals surface area contributed by atoms with E-state index < -0.39 is 11.7 Å². The molecule has 0 saturated heterocycles. The van der Waals surface area contributed by atoms with Crippen molar-refractivity contribution in [1.29, 1.82) is 0 Å². The molecule has 0 fully saturated rings. The van der Waals surface area contributed by atoms with Crippen molar-refractivity contribution in [2.24, 2.45) is 7.05 Å². The molecule has 2 heterocycles. The molecule has 0 saturated carbocycles. The van der Waals surface area contributed by atoms with E-state index in [1.54, 1.807) is 6.07 Å². The number of nitrogens with zero attached hydrogens (tertiary/aromatic N) is 4. The first-order valence-electron chi connectivity index (χ1n) is 5.07. The van der Waals surface area contributed by atoms with Gasteiger partial charge in [0.25, 0.3) is 0 Å². The Morgan fingerprint density at radius 3 is 2.56 bits per heavy atom. The highest BCUT2D eigenvalue weighted by Gasteiger charge is 2.35. The van der Waals surface area contributed by atoms with Crippen LogP contribution in [0.1, 0.15) is 11.3 Å². The number of aromatic nitrogens is 4. The van der Waals surface area contributed by atoms with E-state index in [2.05, 4.69) is 20.4 Å². The number of hydrogen-bond donors (Lipinski definition) is 1. The number of aryl methyl sites for hydroxylation is 1. The molecule has 0 aromatic carbocycles. The van der Waals surface area contributed by atoms with Crippen molar-refractivity contribution in [1.82, 2.24) is 19.7 Å². The number of hydrogen-bond acceptors (Lipinski definition) is 4. The first-order chi connectivity index (χ1) is 8.48. The summed E-state index contributed by atoms with van der Waals surface area (Å²) in [4.78, 5) is 7.73. The molecule has 0 unspecified atom stereocenters. The summed E-state index contributed by atoms with van der Waals surface area (Å²) in [5.74, 6) is 0.270. The number of rotatable bonds is 3. The summed E-state index contributed by atoms with van der Waals surface area (Å²) in [7, 11) is 1.46. The molecule has 0 atom stereocenters. The largest absolute Gasteiger partial charge is 0.419 e. The maximum Gasteiger partial charge on any atom is 0.419 e. The van der Waals surface area contributed by atoms with Crippen LogP contribution in [0.25, 0.3) is 0 Å². The fourth-order valence-corrected chi connectivity index (χ4v) is 1.46. The molecule has 5 nitrogen and oxygen atoms in total. The lowest BCUT2D eigenvalue weighted by molar-refractivity contribution is -0.138. The third-order valence-corrected chi connectivity index (χ3v) is 2.35. The van der Waals surface area contributed by atoms with Gasteiger partial charge in [-0.2, -0.15) is 18.3 Å². The van der Waals surface area contributed by atoms with Crippen LogP contribution in [0.4, 0.5) is 19.1 Å². The summed E-state index contributed by atoms with van der Waals surface area (Å²) in [6, 6.07) is 1.62. The van der Waals surface area contributed by atoms with Gasteiger partial charge in [0, 0.05) is 19.4 Å². The molecule has 0 aliphatic carbocycles. The van der Waals surface area contributed by atoms with Crippen molar-refractivity contribution in [3.63, 3.8) is 0 Å². The van der Waals surface area contributed by atoms with Crippen molar-refractivity contribution >= 4 is 5.95 Å². The van der Waals surface area contributed by atoms with Crippen molar-refractivity contribution in [2.45, 2.75) is 12.7 Å². The summed E-state index contributed by atoms with van der Waals surface area (Å²) in [6.07, 6.45) is -0.599. The first-order valence-corrected chi connectivity index (χ1v) is 5.07. The lowest BCUT2D eigenvalue weighted by Crippen LogP contribution is -2.14. The molecule has 18 heavy (non-hydrogen) atoms. The van der Waals surface area contributed by atoms with Crippen LogP contribution in [0, 0.1) is 0 Å². The van der Waals surface area contributed by atoms with Gasteiger partial charge in [0.2, 0.25) is 5.95 Å². The van der Waals surface area contributed by atoms with E-state index in [1.165, 1.54) is 24.1 Å². The lowest BCUT2D eigenvalue weighted by Gasteiger charge is -2.09. The normalized spacial score (nSPS) is 11.6. The van der Waals surface area contributed by atoms with Gasteiger partial charge in [-0.25, -0.2) is 9.97 Å². The van der Waals surface area contributed by atoms with Gasteiger partial charge in [0.1, 0.15) is 0 Å². The van der Waals surface area contributed by atoms with Crippen LogP contribution in [-0.2, 0) is 19.8 Å². The predicted octanol–water partition coefficient (Wildman–Crippen LogP) is 1.84. The smallest absolute Gasteiger partial charge is 0.349 e. The molecular formula is C10H10F3N5. The summed E-state index contributed by atoms with van der Waals surface area (Å²) >= 11 is 0. The van der Waals surface area contributed by atoms with Crippen LogP contribution < -0.4 is 5.32 Å². The number of anilines is 1. The lowest BCUT2D eigenvalue weighted by atomic mass is 10.2. The van der Waals surface area contributed by atoms with Gasteiger partial charge >= 0.3 is 6.18 Å². The summed E-state index contributed by atoms with van der Waals surface area (Å²) < 4.78 is 39.2. The highest BCUT2D eigenvalue weighted by atomic mass is 19.4. The van der Waals surface area contributed by atoms with Crippen LogP contribution in [0.3, 0.4) is 0 Å². The zero-order chi connectivity index (χ0) is 13.2. The molecule has 0 spiro atoms. The van der Waals surface area contributed by atoms with Gasteiger partial charge in [-0.15, -0.1) is 0 Å². The average Bonchev–Trinajstić information content (AvgIpc) is 2.69. The van der Waals surface area contributed by atoms with Crippen molar-refractivity contribution < 1.29 is 13.2 Å². The molecule has 2 aromatic heterocycles. The zero-order valence-corrected chi connectivity index (χ0v) is 9.44. The van der Waals surface area contributed by atoms with Crippen LogP contribution in [-0.4, -0.2) is 19.7 Å². The summed E-state index contributed by atoms with van der Waals surface area (Å²) in [5.41, 5.74) is -0.719. The van der Waals surface area contributed by atoms with Crippen LogP contribution >= 0.6 is 0 Å². The third-order valence-electron chi connectivity index (χ3n) is 2.35. The standard InChI is InChI=1S/C10H10F3N5/c1-18-8(7(5-17-18)10(11,12)13)6-16-9-14-3-2-4-15-9/h2-5H,6H2,1H3,(H,14,15,16). The van der Waals surface area contributed by atoms with Crippen LogP contribution in [0.2, 0.25) is 0 Å². The van der Waals surface area contributed by atoms with Crippen LogP contribution in [0.15, 0.2) is 24.7 Å². The highest BCUT2D eigenvalue weighted by Crippen LogP contribution is 2.31. The molecule has 2 rings (SSSR count). The molecule has 1 N–H and O–H groups in total. The Hall–Kier alpha value is -2.12. The van der Waals surface area contributed by atoms with E-state index in [-0.39, 0.29) is 18.2 Å². The second kappa shape index (κ2) is 4.63. The van der Waals surface area contributed by atoms with Crippen molar-refractivity contribution in [3.8, 4) is 0 Å².